The van der Waals surface area contributed by atoms with Crippen LogP contribution in [-0.2, 0) is 9.53 Å². The molecule has 136 valence electrons. The number of carbonyl (C=O) groups is 1. The molecule has 6 heteroatoms. The third-order valence-corrected chi connectivity index (χ3v) is 4.83. The van der Waals surface area contributed by atoms with Crippen molar-refractivity contribution in [1.82, 2.24) is 0 Å². The van der Waals surface area contributed by atoms with Crippen molar-refractivity contribution in [2.24, 2.45) is 5.14 Å². The number of rotatable bonds is 5. The van der Waals surface area contributed by atoms with Crippen LogP contribution in [-0.4, -0.2) is 25.6 Å². The van der Waals surface area contributed by atoms with E-state index in [1.807, 2.05) is 30.3 Å². The van der Waals surface area contributed by atoms with Crippen molar-refractivity contribution in [3.05, 3.63) is 53.6 Å². The van der Waals surface area contributed by atoms with E-state index in [4.69, 9.17) is 19.3 Å². The van der Waals surface area contributed by atoms with Gasteiger partial charge < -0.3 is 14.2 Å². The van der Waals surface area contributed by atoms with Crippen LogP contribution in [0.3, 0.4) is 0 Å². The van der Waals surface area contributed by atoms with E-state index in [1.165, 1.54) is 11.9 Å². The Bertz CT molecular complexity index is 872. The van der Waals surface area contributed by atoms with Crippen LogP contribution < -0.4 is 14.6 Å². The molecule has 0 aromatic heterocycles. The number of hydrogen-bond donors (Lipinski definition) is 1. The highest BCUT2D eigenvalue weighted by Gasteiger charge is 2.43. The molecule has 26 heavy (non-hydrogen) atoms. The van der Waals surface area contributed by atoms with Crippen LogP contribution >= 0.6 is 11.9 Å². The number of hydrogen-bond acceptors (Lipinski definition) is 6. The molecule has 0 amide bonds. The summed E-state index contributed by atoms with van der Waals surface area (Å²) in [5.74, 6) is 1.65. The van der Waals surface area contributed by atoms with Gasteiger partial charge in [0.25, 0.3) is 0 Å². The summed E-state index contributed by atoms with van der Waals surface area (Å²) in [4.78, 5) is 13.9. The molecular weight excluding hydrogens is 350 g/mol. The number of ketones is 1. The molecule has 0 spiro atoms. The lowest BCUT2D eigenvalue weighted by Crippen LogP contribution is -2.29. The highest BCUT2D eigenvalue weighted by atomic mass is 32.2. The molecule has 2 aromatic rings. The maximum absolute atomic E-state index is 13.0. The standard InChI is InChI=1S/C20H21NO4S/c1-20(2)19(22)17(13-7-10-15(23-3)16(11-13)24-4)18(25-20)12-5-8-14(26-21)9-6-12/h5-11H,21H2,1-4H3. The highest BCUT2D eigenvalue weighted by molar-refractivity contribution is 7.97. The van der Waals surface area contributed by atoms with Crippen LogP contribution in [0.5, 0.6) is 11.5 Å². The van der Waals surface area contributed by atoms with Crippen LogP contribution in [0, 0.1) is 0 Å². The molecule has 0 aliphatic carbocycles. The van der Waals surface area contributed by atoms with Crippen LogP contribution in [0.4, 0.5) is 0 Å². The zero-order valence-corrected chi connectivity index (χ0v) is 16.0. The second kappa shape index (κ2) is 7.05. The minimum atomic E-state index is -0.931. The molecule has 1 heterocycles. The van der Waals surface area contributed by atoms with Gasteiger partial charge >= 0.3 is 0 Å². The predicted octanol–water partition coefficient (Wildman–Crippen LogP) is 3.92. The molecule has 1 aliphatic rings. The van der Waals surface area contributed by atoms with E-state index in [9.17, 15) is 4.79 Å². The van der Waals surface area contributed by atoms with Crippen LogP contribution in [0.2, 0.25) is 0 Å². The SMILES string of the molecule is COc1ccc(C2=C(c3ccc(SN)cc3)OC(C)(C)C2=O)cc1OC. The summed E-state index contributed by atoms with van der Waals surface area (Å²) in [6.45, 7) is 3.54. The predicted molar refractivity (Wildman–Crippen MR) is 103 cm³/mol. The third-order valence-electron chi connectivity index (χ3n) is 4.28. The lowest BCUT2D eigenvalue weighted by atomic mass is 9.92. The lowest BCUT2D eigenvalue weighted by molar-refractivity contribution is -0.125. The lowest BCUT2D eigenvalue weighted by Gasteiger charge is -2.17. The molecule has 0 bridgehead atoms. The molecule has 0 saturated carbocycles. The van der Waals surface area contributed by atoms with Crippen molar-refractivity contribution < 1.29 is 19.0 Å². The van der Waals surface area contributed by atoms with E-state index >= 15 is 0 Å². The number of nitrogens with two attached hydrogens (primary N) is 1. The molecule has 0 saturated heterocycles. The highest BCUT2D eigenvalue weighted by Crippen LogP contribution is 2.43. The molecule has 1 aliphatic heterocycles. The van der Waals surface area contributed by atoms with Gasteiger partial charge in [0.15, 0.2) is 17.1 Å². The monoisotopic (exact) mass is 371 g/mol. The Hall–Kier alpha value is -2.44. The Morgan fingerprint density at radius 2 is 1.58 bits per heavy atom. The minimum absolute atomic E-state index is 0.0722. The van der Waals surface area contributed by atoms with Crippen molar-refractivity contribution in [3.63, 3.8) is 0 Å². The van der Waals surface area contributed by atoms with E-state index in [0.29, 0.717) is 22.8 Å². The van der Waals surface area contributed by atoms with Gasteiger partial charge in [-0.25, -0.2) is 0 Å². The van der Waals surface area contributed by atoms with E-state index in [0.717, 1.165) is 16.0 Å². The Labute approximate surface area is 157 Å². The van der Waals surface area contributed by atoms with E-state index < -0.39 is 5.60 Å². The molecular formula is C20H21NO4S. The summed E-state index contributed by atoms with van der Waals surface area (Å²) in [6, 6.07) is 13.0. The zero-order valence-electron chi connectivity index (χ0n) is 15.2. The van der Waals surface area contributed by atoms with E-state index in [-0.39, 0.29) is 5.78 Å². The average Bonchev–Trinajstić information content (AvgIpc) is 2.90. The van der Waals surface area contributed by atoms with Gasteiger partial charge in [0.1, 0.15) is 5.76 Å². The van der Waals surface area contributed by atoms with E-state index in [2.05, 4.69) is 0 Å². The Morgan fingerprint density at radius 3 is 2.15 bits per heavy atom. The summed E-state index contributed by atoms with van der Waals surface area (Å²) in [6.07, 6.45) is 0. The molecule has 0 fully saturated rings. The first kappa shape index (κ1) is 18.4. The van der Waals surface area contributed by atoms with Gasteiger partial charge in [0.05, 0.1) is 19.8 Å². The molecule has 2 N–H and O–H groups in total. The van der Waals surface area contributed by atoms with Crippen molar-refractivity contribution in [3.8, 4) is 11.5 Å². The van der Waals surface area contributed by atoms with Gasteiger partial charge in [-0.2, -0.15) is 0 Å². The zero-order chi connectivity index (χ0) is 18.9. The van der Waals surface area contributed by atoms with Crippen LogP contribution in [0.25, 0.3) is 11.3 Å². The number of Topliss-reactive ketones (excluding diaryl/α,β-unsaturated/α-hetero) is 1. The minimum Gasteiger partial charge on any atom is -0.493 e. The molecule has 2 aromatic carbocycles. The van der Waals surface area contributed by atoms with Gasteiger partial charge in [0, 0.05) is 10.5 Å². The van der Waals surface area contributed by atoms with Gasteiger partial charge in [0.2, 0.25) is 5.78 Å². The summed E-state index contributed by atoms with van der Waals surface area (Å²) in [5.41, 5.74) is 1.15. The fraction of sp³-hybridized carbons (Fsp3) is 0.250. The molecule has 5 nitrogen and oxygen atoms in total. The van der Waals surface area contributed by atoms with Crippen LogP contribution in [0.1, 0.15) is 25.0 Å². The maximum atomic E-state index is 13.0. The van der Waals surface area contributed by atoms with Gasteiger partial charge in [-0.3, -0.25) is 9.93 Å². The summed E-state index contributed by atoms with van der Waals surface area (Å²) < 4.78 is 16.7. The number of methoxy groups -OCH3 is 2. The summed E-state index contributed by atoms with van der Waals surface area (Å²) >= 11 is 1.17. The molecule has 0 atom stereocenters. The number of benzene rings is 2. The Kier molecular flexibility index (Phi) is 4.98. The van der Waals surface area contributed by atoms with Crippen molar-refractivity contribution in [2.45, 2.75) is 24.3 Å². The molecule has 0 radical (unpaired) electrons. The van der Waals surface area contributed by atoms with Gasteiger partial charge in [-0.1, -0.05) is 18.2 Å². The van der Waals surface area contributed by atoms with Crippen molar-refractivity contribution in [2.75, 3.05) is 14.2 Å². The van der Waals surface area contributed by atoms with Crippen LogP contribution in [0.15, 0.2) is 47.4 Å². The Balaban J connectivity index is 2.16. The first-order valence-corrected chi connectivity index (χ1v) is 8.97. The summed E-state index contributed by atoms with van der Waals surface area (Å²) in [5, 5.41) is 5.59. The normalized spacial score (nSPS) is 15.8. The second-order valence-corrected chi connectivity index (χ2v) is 7.06. The van der Waals surface area contributed by atoms with Gasteiger partial charge in [-0.05, 0) is 55.6 Å². The average molecular weight is 371 g/mol. The first-order valence-electron chi connectivity index (χ1n) is 8.09. The first-order chi connectivity index (χ1) is 12.4. The number of carbonyl (C=O) groups excluding carboxylic acids is 1. The quantitative estimate of drug-likeness (QED) is 0.804. The van der Waals surface area contributed by atoms with Gasteiger partial charge in [-0.15, -0.1) is 0 Å². The maximum Gasteiger partial charge on any atom is 0.210 e. The summed E-state index contributed by atoms with van der Waals surface area (Å²) in [7, 11) is 3.14. The largest absolute Gasteiger partial charge is 0.493 e. The second-order valence-electron chi connectivity index (χ2n) is 6.36. The topological polar surface area (TPSA) is 70.8 Å². The third kappa shape index (κ3) is 3.18. The fourth-order valence-electron chi connectivity index (χ4n) is 2.90. The smallest absolute Gasteiger partial charge is 0.210 e. The number of ether oxygens (including phenoxy) is 3. The van der Waals surface area contributed by atoms with Crippen molar-refractivity contribution >= 4 is 29.1 Å². The molecule has 3 rings (SSSR count). The Morgan fingerprint density at radius 1 is 0.962 bits per heavy atom. The molecule has 0 unspecified atom stereocenters. The van der Waals surface area contributed by atoms with E-state index in [1.54, 1.807) is 40.2 Å². The van der Waals surface area contributed by atoms with Crippen molar-refractivity contribution in [1.29, 1.82) is 0 Å². The fourth-order valence-corrected chi connectivity index (χ4v) is 3.19.